The van der Waals surface area contributed by atoms with E-state index in [2.05, 4.69) is 4.90 Å². The summed E-state index contributed by atoms with van der Waals surface area (Å²) in [7, 11) is 1.61. The lowest BCUT2D eigenvalue weighted by Crippen LogP contribution is -2.54. The molecule has 5 nitrogen and oxygen atoms in total. The van der Waals surface area contributed by atoms with Gasteiger partial charge in [0.25, 0.3) is 5.91 Å². The maximum Gasteiger partial charge on any atom is 0.251 e. The van der Waals surface area contributed by atoms with Crippen molar-refractivity contribution in [1.82, 2.24) is 4.90 Å². The summed E-state index contributed by atoms with van der Waals surface area (Å²) >= 11 is 0. The Hall–Kier alpha value is -1.88. The molecular weight excluding hydrogens is 316 g/mol. The number of hydrogen-bond donors (Lipinski definition) is 0. The number of imide groups is 1. The molecular formula is C20H26N2O3. The van der Waals surface area contributed by atoms with Crippen molar-refractivity contribution in [3.05, 3.63) is 24.3 Å². The summed E-state index contributed by atoms with van der Waals surface area (Å²) in [4.78, 5) is 29.4. The lowest BCUT2D eigenvalue weighted by Gasteiger charge is -2.46. The molecule has 134 valence electrons. The Labute approximate surface area is 148 Å². The molecule has 2 saturated heterocycles. The van der Waals surface area contributed by atoms with Crippen LogP contribution in [0.1, 0.15) is 44.9 Å². The Balaban J connectivity index is 1.55. The van der Waals surface area contributed by atoms with E-state index in [-0.39, 0.29) is 17.9 Å². The van der Waals surface area contributed by atoms with Gasteiger partial charge in [0.05, 0.1) is 25.3 Å². The predicted molar refractivity (Wildman–Crippen MR) is 95.6 cm³/mol. The largest absolute Gasteiger partial charge is 0.497 e. The molecule has 1 aliphatic carbocycles. The number of fused-ring (bicyclic) bond motifs is 1. The van der Waals surface area contributed by atoms with E-state index in [1.54, 1.807) is 31.4 Å². The molecule has 0 unspecified atom stereocenters. The van der Waals surface area contributed by atoms with Gasteiger partial charge in [-0.25, -0.2) is 4.90 Å². The van der Waals surface area contributed by atoms with Gasteiger partial charge in [-0.3, -0.25) is 14.5 Å². The molecule has 25 heavy (non-hydrogen) atoms. The Morgan fingerprint density at radius 2 is 1.72 bits per heavy atom. The van der Waals surface area contributed by atoms with Gasteiger partial charge in [-0.1, -0.05) is 12.8 Å². The zero-order valence-electron chi connectivity index (χ0n) is 14.8. The average molecular weight is 342 g/mol. The molecule has 2 heterocycles. The highest BCUT2D eigenvalue weighted by molar-refractivity contribution is 6.22. The van der Waals surface area contributed by atoms with Crippen molar-refractivity contribution in [2.45, 2.75) is 57.0 Å². The van der Waals surface area contributed by atoms with E-state index in [0.717, 1.165) is 18.7 Å². The number of rotatable bonds is 3. The third-order valence-corrected chi connectivity index (χ3v) is 6.14. The third kappa shape index (κ3) is 2.95. The number of amides is 2. The van der Waals surface area contributed by atoms with Crippen LogP contribution in [0.25, 0.3) is 0 Å². The van der Waals surface area contributed by atoms with Crippen LogP contribution in [0.5, 0.6) is 5.75 Å². The van der Waals surface area contributed by atoms with E-state index in [4.69, 9.17) is 4.74 Å². The van der Waals surface area contributed by atoms with Crippen molar-refractivity contribution >= 4 is 17.5 Å². The van der Waals surface area contributed by atoms with Gasteiger partial charge in [-0.05, 0) is 62.4 Å². The smallest absolute Gasteiger partial charge is 0.251 e. The Morgan fingerprint density at radius 1 is 1.00 bits per heavy atom. The summed E-state index contributed by atoms with van der Waals surface area (Å²) in [6.07, 6.45) is 7.73. The Kier molecular flexibility index (Phi) is 4.50. The van der Waals surface area contributed by atoms with Crippen molar-refractivity contribution in [3.8, 4) is 5.75 Å². The minimum atomic E-state index is -0.277. The molecule has 5 heteroatoms. The van der Waals surface area contributed by atoms with Crippen LogP contribution >= 0.6 is 0 Å². The molecule has 3 aliphatic rings. The SMILES string of the molecule is COc1ccc(N2C(=O)C[C@@H](N3CCC[C@@H]4CCCC[C@@H]43)C2=O)cc1. The first-order valence-corrected chi connectivity index (χ1v) is 9.45. The van der Waals surface area contributed by atoms with Crippen molar-refractivity contribution in [2.75, 3.05) is 18.6 Å². The molecule has 3 fully saturated rings. The predicted octanol–water partition coefficient (Wildman–Crippen LogP) is 2.98. The fourth-order valence-electron chi connectivity index (χ4n) is 4.93. The second-order valence-corrected chi connectivity index (χ2v) is 7.48. The number of anilines is 1. The standard InChI is InChI=1S/C20H26N2O3/c1-25-16-10-8-15(9-11-16)22-19(23)13-18(20(22)24)21-12-4-6-14-5-2-3-7-17(14)21/h8-11,14,17-18H,2-7,12-13H2,1H3/t14-,17-,18+/m0/s1. The van der Waals surface area contributed by atoms with Gasteiger partial charge in [0.15, 0.2) is 0 Å². The Morgan fingerprint density at radius 3 is 2.48 bits per heavy atom. The number of carbonyl (C=O) groups is 2. The van der Waals surface area contributed by atoms with Gasteiger partial charge in [0, 0.05) is 6.04 Å². The zero-order valence-corrected chi connectivity index (χ0v) is 14.8. The van der Waals surface area contributed by atoms with E-state index in [1.807, 2.05) is 0 Å². The van der Waals surface area contributed by atoms with Gasteiger partial charge in [-0.15, -0.1) is 0 Å². The van der Waals surface area contributed by atoms with Crippen LogP contribution in [0.2, 0.25) is 0 Å². The number of methoxy groups -OCH3 is 1. The molecule has 2 aliphatic heterocycles. The van der Waals surface area contributed by atoms with E-state index < -0.39 is 0 Å². The monoisotopic (exact) mass is 342 g/mol. The molecule has 1 aromatic rings. The molecule has 0 radical (unpaired) electrons. The minimum Gasteiger partial charge on any atom is -0.497 e. The highest BCUT2D eigenvalue weighted by atomic mass is 16.5. The van der Waals surface area contributed by atoms with Gasteiger partial charge in [0.1, 0.15) is 5.75 Å². The molecule has 0 spiro atoms. The van der Waals surface area contributed by atoms with Crippen LogP contribution in [0.15, 0.2) is 24.3 Å². The first kappa shape index (κ1) is 16.6. The van der Waals surface area contributed by atoms with Crippen LogP contribution in [0.4, 0.5) is 5.69 Å². The number of piperidine rings is 1. The fraction of sp³-hybridized carbons (Fsp3) is 0.600. The van der Waals surface area contributed by atoms with Crippen LogP contribution in [0, 0.1) is 5.92 Å². The van der Waals surface area contributed by atoms with Crippen molar-refractivity contribution in [3.63, 3.8) is 0 Å². The number of nitrogens with zero attached hydrogens (tertiary/aromatic N) is 2. The number of hydrogen-bond acceptors (Lipinski definition) is 4. The van der Waals surface area contributed by atoms with Gasteiger partial charge in [0.2, 0.25) is 5.91 Å². The maximum atomic E-state index is 13.1. The number of benzene rings is 1. The molecule has 0 bridgehead atoms. The molecule has 1 saturated carbocycles. The quantitative estimate of drug-likeness (QED) is 0.793. The highest BCUT2D eigenvalue weighted by Gasteiger charge is 2.47. The lowest BCUT2D eigenvalue weighted by molar-refractivity contribution is -0.124. The summed E-state index contributed by atoms with van der Waals surface area (Å²) < 4.78 is 5.16. The highest BCUT2D eigenvalue weighted by Crippen LogP contribution is 2.38. The number of carbonyl (C=O) groups excluding carboxylic acids is 2. The lowest BCUT2D eigenvalue weighted by atomic mass is 9.77. The van der Waals surface area contributed by atoms with Crippen LogP contribution < -0.4 is 9.64 Å². The van der Waals surface area contributed by atoms with Crippen LogP contribution in [-0.2, 0) is 9.59 Å². The van der Waals surface area contributed by atoms with Crippen molar-refractivity contribution in [1.29, 1.82) is 0 Å². The molecule has 4 rings (SSSR count). The third-order valence-electron chi connectivity index (χ3n) is 6.14. The van der Waals surface area contributed by atoms with Gasteiger partial charge < -0.3 is 4.74 Å². The molecule has 0 aromatic heterocycles. The van der Waals surface area contributed by atoms with Gasteiger partial charge >= 0.3 is 0 Å². The van der Waals surface area contributed by atoms with Crippen LogP contribution in [-0.4, -0.2) is 42.5 Å². The minimum absolute atomic E-state index is 0.0543. The topological polar surface area (TPSA) is 49.9 Å². The van der Waals surface area contributed by atoms with E-state index >= 15 is 0 Å². The van der Waals surface area contributed by atoms with E-state index in [9.17, 15) is 9.59 Å². The molecule has 1 aromatic carbocycles. The fourth-order valence-corrected chi connectivity index (χ4v) is 4.93. The van der Waals surface area contributed by atoms with Crippen molar-refractivity contribution < 1.29 is 14.3 Å². The van der Waals surface area contributed by atoms with Crippen molar-refractivity contribution in [2.24, 2.45) is 5.92 Å². The second kappa shape index (κ2) is 6.79. The zero-order chi connectivity index (χ0) is 17.4. The number of likely N-dealkylation sites (tertiary alicyclic amines) is 1. The average Bonchev–Trinajstić information content (AvgIpc) is 2.95. The second-order valence-electron chi connectivity index (χ2n) is 7.48. The normalized spacial score (nSPS) is 30.4. The van der Waals surface area contributed by atoms with Gasteiger partial charge in [-0.2, -0.15) is 0 Å². The summed E-state index contributed by atoms with van der Waals surface area (Å²) in [6, 6.07) is 7.37. The number of ether oxygens (including phenoxy) is 1. The van der Waals surface area contributed by atoms with Crippen LogP contribution in [0.3, 0.4) is 0 Å². The first-order chi connectivity index (χ1) is 12.2. The summed E-state index contributed by atoms with van der Waals surface area (Å²) in [5.41, 5.74) is 0.649. The first-order valence-electron chi connectivity index (χ1n) is 9.45. The molecule has 3 atom stereocenters. The maximum absolute atomic E-state index is 13.1. The van der Waals surface area contributed by atoms with E-state index in [0.29, 0.717) is 24.1 Å². The Bertz CT molecular complexity index is 655. The van der Waals surface area contributed by atoms with E-state index in [1.165, 1.54) is 37.0 Å². The molecule has 0 N–H and O–H groups in total. The molecule has 2 amide bonds. The summed E-state index contributed by atoms with van der Waals surface area (Å²) in [5.74, 6) is 1.29. The summed E-state index contributed by atoms with van der Waals surface area (Å²) in [5, 5.41) is 0. The summed E-state index contributed by atoms with van der Waals surface area (Å²) in [6.45, 7) is 0.946.